The van der Waals surface area contributed by atoms with Crippen molar-refractivity contribution in [1.29, 1.82) is 0 Å². The molecule has 17 heavy (non-hydrogen) atoms. The normalized spacial score (nSPS) is 9.94. The molecule has 0 bridgehead atoms. The van der Waals surface area contributed by atoms with Crippen LogP contribution in [0.15, 0.2) is 18.2 Å². The summed E-state index contributed by atoms with van der Waals surface area (Å²) in [5.41, 5.74) is 1.25. The first kappa shape index (κ1) is 13.0. The average molecular weight is 239 g/mol. The quantitative estimate of drug-likeness (QED) is 0.658. The molecule has 0 fully saturated rings. The number of phenols is 1. The number of rotatable bonds is 5. The molecule has 0 unspecified atom stereocenters. The minimum absolute atomic E-state index is 0.114. The zero-order valence-electron chi connectivity index (χ0n) is 9.27. The molecule has 0 atom stereocenters. The minimum atomic E-state index is -1.13. The molecule has 0 spiro atoms. The lowest BCUT2D eigenvalue weighted by atomic mass is 10.2. The third-order valence-corrected chi connectivity index (χ3v) is 1.94. The molecular formula is C11H13NO5. The summed E-state index contributed by atoms with van der Waals surface area (Å²) in [5.74, 6) is -1.46. The summed E-state index contributed by atoms with van der Waals surface area (Å²) < 4.78 is 4.63. The highest BCUT2D eigenvalue weighted by Gasteiger charge is 2.06. The highest BCUT2D eigenvalue weighted by atomic mass is 16.5. The molecule has 0 aliphatic carbocycles. The van der Waals surface area contributed by atoms with Crippen molar-refractivity contribution in [2.75, 3.05) is 18.5 Å². The first-order valence-corrected chi connectivity index (χ1v) is 4.88. The van der Waals surface area contributed by atoms with Crippen molar-refractivity contribution in [2.45, 2.75) is 6.92 Å². The monoisotopic (exact) mass is 239 g/mol. The number of carbonyl (C=O) groups is 2. The van der Waals surface area contributed by atoms with Crippen molar-refractivity contribution in [3.63, 3.8) is 0 Å². The van der Waals surface area contributed by atoms with Gasteiger partial charge in [-0.3, -0.25) is 4.79 Å². The van der Waals surface area contributed by atoms with Crippen LogP contribution in [-0.2, 0) is 14.3 Å². The van der Waals surface area contributed by atoms with E-state index in [-0.39, 0.29) is 12.4 Å². The van der Waals surface area contributed by atoms with E-state index >= 15 is 0 Å². The molecule has 0 heterocycles. The summed E-state index contributed by atoms with van der Waals surface area (Å²) in [6, 6.07) is 4.51. The van der Waals surface area contributed by atoms with Gasteiger partial charge in [0.05, 0.1) is 0 Å². The smallest absolute Gasteiger partial charge is 0.329 e. The molecule has 1 aromatic carbocycles. The third kappa shape index (κ3) is 4.52. The van der Waals surface area contributed by atoms with Crippen LogP contribution in [0.1, 0.15) is 5.56 Å². The Morgan fingerprint density at radius 1 is 1.35 bits per heavy atom. The van der Waals surface area contributed by atoms with Gasteiger partial charge in [-0.05, 0) is 30.7 Å². The van der Waals surface area contributed by atoms with Crippen molar-refractivity contribution >= 4 is 17.6 Å². The molecule has 0 saturated carbocycles. The third-order valence-electron chi connectivity index (χ3n) is 1.94. The molecule has 0 radical (unpaired) electrons. The maximum absolute atomic E-state index is 11.3. The van der Waals surface area contributed by atoms with E-state index in [1.807, 2.05) is 0 Å². The van der Waals surface area contributed by atoms with Gasteiger partial charge in [0, 0.05) is 5.69 Å². The predicted molar refractivity (Wildman–Crippen MR) is 59.9 cm³/mol. The molecule has 3 N–H and O–H groups in total. The van der Waals surface area contributed by atoms with E-state index in [0.717, 1.165) is 0 Å². The van der Waals surface area contributed by atoms with Crippen molar-refractivity contribution in [2.24, 2.45) is 0 Å². The first-order valence-electron chi connectivity index (χ1n) is 4.88. The van der Waals surface area contributed by atoms with Gasteiger partial charge in [-0.2, -0.15) is 0 Å². The lowest BCUT2D eigenvalue weighted by Crippen LogP contribution is -2.21. The number of carboxylic acids is 1. The molecule has 0 aliphatic rings. The van der Waals surface area contributed by atoms with E-state index in [9.17, 15) is 14.7 Å². The molecule has 6 nitrogen and oxygen atoms in total. The number of aromatic hydroxyl groups is 1. The van der Waals surface area contributed by atoms with Gasteiger partial charge in [0.2, 0.25) is 5.91 Å². The summed E-state index contributed by atoms with van der Waals surface area (Å²) in [5, 5.41) is 20.0. The summed E-state index contributed by atoms with van der Waals surface area (Å²) in [6.07, 6.45) is 0. The largest absolute Gasteiger partial charge is 0.508 e. The van der Waals surface area contributed by atoms with Crippen LogP contribution >= 0.6 is 0 Å². The second-order valence-corrected chi connectivity index (χ2v) is 3.43. The van der Waals surface area contributed by atoms with Crippen LogP contribution in [0.4, 0.5) is 5.69 Å². The summed E-state index contributed by atoms with van der Waals surface area (Å²) in [6.45, 7) is 0.891. The second-order valence-electron chi connectivity index (χ2n) is 3.43. The van der Waals surface area contributed by atoms with Crippen LogP contribution < -0.4 is 5.32 Å². The van der Waals surface area contributed by atoms with Gasteiger partial charge >= 0.3 is 5.97 Å². The van der Waals surface area contributed by atoms with E-state index in [1.54, 1.807) is 13.0 Å². The van der Waals surface area contributed by atoms with E-state index in [0.29, 0.717) is 11.3 Å². The fraction of sp³-hybridized carbons (Fsp3) is 0.273. The Labute approximate surface area is 97.8 Å². The van der Waals surface area contributed by atoms with Crippen LogP contribution in [0, 0.1) is 6.92 Å². The molecule has 6 heteroatoms. The molecule has 1 aromatic rings. The maximum atomic E-state index is 11.3. The number of carbonyl (C=O) groups excluding carboxylic acids is 1. The lowest BCUT2D eigenvalue weighted by Gasteiger charge is -2.08. The number of aliphatic carboxylic acids is 1. The summed E-state index contributed by atoms with van der Waals surface area (Å²) in [7, 11) is 0. The highest BCUT2D eigenvalue weighted by Crippen LogP contribution is 2.19. The number of phenolic OH excluding ortho intramolecular Hbond substituents is 1. The second kappa shape index (κ2) is 5.86. The fourth-order valence-electron chi connectivity index (χ4n) is 1.21. The van der Waals surface area contributed by atoms with E-state index in [2.05, 4.69) is 10.1 Å². The number of benzene rings is 1. The molecular weight excluding hydrogens is 226 g/mol. The van der Waals surface area contributed by atoms with Crippen molar-refractivity contribution in [3.8, 4) is 5.75 Å². The van der Waals surface area contributed by atoms with Crippen molar-refractivity contribution in [3.05, 3.63) is 23.8 Å². The SMILES string of the molecule is Cc1cc(O)ccc1NC(=O)COCC(=O)O. The molecule has 92 valence electrons. The van der Waals surface area contributed by atoms with Gasteiger partial charge in [0.25, 0.3) is 0 Å². The highest BCUT2D eigenvalue weighted by molar-refractivity contribution is 5.92. The summed E-state index contributed by atoms with van der Waals surface area (Å²) in [4.78, 5) is 21.5. The Morgan fingerprint density at radius 3 is 2.65 bits per heavy atom. The van der Waals surface area contributed by atoms with Crippen LogP contribution in [0.2, 0.25) is 0 Å². The van der Waals surface area contributed by atoms with Gasteiger partial charge in [-0.1, -0.05) is 0 Å². The van der Waals surface area contributed by atoms with Crippen LogP contribution in [0.3, 0.4) is 0 Å². The van der Waals surface area contributed by atoms with E-state index in [1.165, 1.54) is 12.1 Å². The standard InChI is InChI=1S/C11H13NO5/c1-7-4-8(13)2-3-9(7)12-10(14)5-17-6-11(15)16/h2-4,13H,5-6H2,1H3,(H,12,14)(H,15,16). The van der Waals surface area contributed by atoms with Gasteiger partial charge in [-0.15, -0.1) is 0 Å². The Balaban J connectivity index is 2.48. The Kier molecular flexibility index (Phi) is 4.47. The first-order chi connectivity index (χ1) is 7.99. The minimum Gasteiger partial charge on any atom is -0.508 e. The van der Waals surface area contributed by atoms with Gasteiger partial charge in [0.15, 0.2) is 0 Å². The van der Waals surface area contributed by atoms with Crippen LogP contribution in [0.25, 0.3) is 0 Å². The average Bonchev–Trinajstić information content (AvgIpc) is 2.21. The van der Waals surface area contributed by atoms with Crippen LogP contribution in [0.5, 0.6) is 5.75 Å². The zero-order chi connectivity index (χ0) is 12.8. The van der Waals surface area contributed by atoms with Crippen LogP contribution in [-0.4, -0.2) is 35.3 Å². The Bertz CT molecular complexity index is 430. The number of hydrogen-bond donors (Lipinski definition) is 3. The molecule has 1 rings (SSSR count). The molecule has 0 aromatic heterocycles. The molecule has 0 saturated heterocycles. The number of nitrogens with one attached hydrogen (secondary N) is 1. The number of amides is 1. The summed E-state index contributed by atoms with van der Waals surface area (Å²) >= 11 is 0. The maximum Gasteiger partial charge on any atom is 0.329 e. The number of anilines is 1. The topological polar surface area (TPSA) is 95.9 Å². The fourth-order valence-corrected chi connectivity index (χ4v) is 1.21. The molecule has 0 aliphatic heterocycles. The van der Waals surface area contributed by atoms with Crippen molar-refractivity contribution < 1.29 is 24.5 Å². The predicted octanol–water partition coefficient (Wildman–Crippen LogP) is 0.740. The van der Waals surface area contributed by atoms with Gasteiger partial charge < -0.3 is 20.3 Å². The van der Waals surface area contributed by atoms with Gasteiger partial charge in [-0.25, -0.2) is 4.79 Å². The van der Waals surface area contributed by atoms with Gasteiger partial charge in [0.1, 0.15) is 19.0 Å². The number of hydrogen-bond acceptors (Lipinski definition) is 4. The zero-order valence-corrected chi connectivity index (χ0v) is 9.27. The van der Waals surface area contributed by atoms with E-state index < -0.39 is 18.5 Å². The Hall–Kier alpha value is -2.08. The molecule has 1 amide bonds. The lowest BCUT2D eigenvalue weighted by molar-refractivity contribution is -0.143. The van der Waals surface area contributed by atoms with Crippen molar-refractivity contribution in [1.82, 2.24) is 0 Å². The number of carboxylic acid groups (broad SMARTS) is 1. The number of ether oxygens (including phenoxy) is 1. The number of aryl methyl sites for hydroxylation is 1. The van der Waals surface area contributed by atoms with E-state index in [4.69, 9.17) is 5.11 Å². The Morgan fingerprint density at radius 2 is 2.06 bits per heavy atom.